The van der Waals surface area contributed by atoms with Gasteiger partial charge in [-0.25, -0.2) is 4.98 Å². The minimum atomic E-state index is 0.612. The van der Waals surface area contributed by atoms with Gasteiger partial charge < -0.3 is 15.4 Å². The number of nitrogens with zero attached hydrogens (tertiary/aromatic N) is 2. The zero-order valence-electron chi connectivity index (χ0n) is 16.1. The summed E-state index contributed by atoms with van der Waals surface area (Å²) in [6, 6.07) is 18.4. The zero-order chi connectivity index (χ0) is 19.1. The first kappa shape index (κ1) is 18.9. The Hall–Kier alpha value is -2.92. The summed E-state index contributed by atoms with van der Waals surface area (Å²) in [6.45, 7) is 5.66. The number of ether oxygens (including phenoxy) is 1. The summed E-state index contributed by atoms with van der Waals surface area (Å²) < 4.78 is 5.11. The largest absolute Gasteiger partial charge is 0.385 e. The second-order valence-electron chi connectivity index (χ2n) is 6.49. The van der Waals surface area contributed by atoms with Gasteiger partial charge in [0.1, 0.15) is 5.82 Å². The van der Waals surface area contributed by atoms with Crippen LogP contribution in [0.15, 0.2) is 54.6 Å². The number of benzene rings is 2. The van der Waals surface area contributed by atoms with Gasteiger partial charge in [-0.05, 0) is 31.4 Å². The van der Waals surface area contributed by atoms with Crippen LogP contribution in [0, 0.1) is 13.8 Å². The molecular weight excluding hydrogens is 336 g/mol. The van der Waals surface area contributed by atoms with E-state index >= 15 is 0 Å². The van der Waals surface area contributed by atoms with Crippen molar-refractivity contribution in [2.75, 3.05) is 30.9 Å². The first-order valence-corrected chi connectivity index (χ1v) is 9.18. The predicted molar refractivity (Wildman–Crippen MR) is 112 cm³/mol. The van der Waals surface area contributed by atoms with Crippen molar-refractivity contribution < 1.29 is 4.74 Å². The van der Waals surface area contributed by atoms with Crippen molar-refractivity contribution in [3.8, 4) is 11.3 Å². The summed E-state index contributed by atoms with van der Waals surface area (Å²) in [4.78, 5) is 9.34. The average Bonchev–Trinajstić information content (AvgIpc) is 2.69. The smallest absolute Gasteiger partial charge is 0.225 e. The Morgan fingerprint density at radius 2 is 1.67 bits per heavy atom. The molecule has 5 heteroatoms. The molecule has 0 bridgehead atoms. The molecule has 0 saturated carbocycles. The van der Waals surface area contributed by atoms with Crippen LogP contribution in [0.25, 0.3) is 11.3 Å². The molecule has 0 amide bonds. The van der Waals surface area contributed by atoms with Crippen molar-refractivity contribution in [1.82, 2.24) is 9.97 Å². The minimum Gasteiger partial charge on any atom is -0.385 e. The highest BCUT2D eigenvalue weighted by Gasteiger charge is 2.09. The van der Waals surface area contributed by atoms with Crippen LogP contribution >= 0.6 is 0 Å². The molecule has 1 heterocycles. The highest BCUT2D eigenvalue weighted by molar-refractivity contribution is 5.70. The van der Waals surface area contributed by atoms with E-state index in [9.17, 15) is 0 Å². The number of aryl methyl sites for hydroxylation is 2. The molecule has 0 aliphatic heterocycles. The van der Waals surface area contributed by atoms with Crippen molar-refractivity contribution >= 4 is 17.5 Å². The van der Waals surface area contributed by atoms with Gasteiger partial charge in [-0.3, -0.25) is 0 Å². The number of nitrogens with one attached hydrogen (secondary N) is 2. The molecule has 0 saturated heterocycles. The van der Waals surface area contributed by atoms with Crippen LogP contribution in [-0.2, 0) is 4.74 Å². The number of aromatic nitrogens is 2. The first-order chi connectivity index (χ1) is 13.2. The number of methoxy groups -OCH3 is 1. The molecule has 0 aliphatic carbocycles. The van der Waals surface area contributed by atoms with E-state index in [1.54, 1.807) is 7.11 Å². The monoisotopic (exact) mass is 362 g/mol. The van der Waals surface area contributed by atoms with Crippen LogP contribution in [-0.4, -0.2) is 30.2 Å². The Kier molecular flexibility index (Phi) is 6.39. The topological polar surface area (TPSA) is 59.1 Å². The Morgan fingerprint density at radius 1 is 0.926 bits per heavy atom. The lowest BCUT2D eigenvalue weighted by Gasteiger charge is -2.14. The number of hydrogen-bond donors (Lipinski definition) is 2. The van der Waals surface area contributed by atoms with E-state index in [2.05, 4.69) is 64.8 Å². The van der Waals surface area contributed by atoms with E-state index in [-0.39, 0.29) is 0 Å². The van der Waals surface area contributed by atoms with Crippen LogP contribution in [0.4, 0.5) is 17.5 Å². The van der Waals surface area contributed by atoms with Gasteiger partial charge in [0.25, 0.3) is 0 Å². The van der Waals surface area contributed by atoms with Gasteiger partial charge in [0, 0.05) is 37.6 Å². The Morgan fingerprint density at radius 3 is 2.37 bits per heavy atom. The fourth-order valence-corrected chi connectivity index (χ4v) is 2.90. The van der Waals surface area contributed by atoms with E-state index in [1.165, 1.54) is 11.1 Å². The second kappa shape index (κ2) is 9.14. The molecule has 3 rings (SSSR count). The molecule has 27 heavy (non-hydrogen) atoms. The summed E-state index contributed by atoms with van der Waals surface area (Å²) in [7, 11) is 1.71. The maximum atomic E-state index is 5.11. The van der Waals surface area contributed by atoms with Gasteiger partial charge in [0.05, 0.1) is 5.69 Å². The van der Waals surface area contributed by atoms with E-state index in [4.69, 9.17) is 4.74 Å². The normalized spacial score (nSPS) is 10.6. The highest BCUT2D eigenvalue weighted by atomic mass is 16.5. The molecule has 1 aromatic heterocycles. The molecule has 0 fully saturated rings. The minimum absolute atomic E-state index is 0.612. The van der Waals surface area contributed by atoms with Crippen LogP contribution in [0.5, 0.6) is 0 Å². The van der Waals surface area contributed by atoms with Crippen molar-refractivity contribution in [2.24, 2.45) is 0 Å². The van der Waals surface area contributed by atoms with Crippen molar-refractivity contribution in [3.05, 3.63) is 65.7 Å². The third-order valence-electron chi connectivity index (χ3n) is 4.34. The summed E-state index contributed by atoms with van der Waals surface area (Å²) in [6.07, 6.45) is 0.898. The third-order valence-corrected chi connectivity index (χ3v) is 4.34. The molecule has 0 spiro atoms. The van der Waals surface area contributed by atoms with E-state index < -0.39 is 0 Å². The SMILES string of the molecule is COCCCNc1nc(Nc2c(C)cccc2C)cc(-c2ccccc2)n1. The number of para-hydroxylation sites is 1. The molecule has 0 unspecified atom stereocenters. The van der Waals surface area contributed by atoms with Gasteiger partial charge >= 0.3 is 0 Å². The summed E-state index contributed by atoms with van der Waals surface area (Å²) in [5.74, 6) is 1.39. The maximum Gasteiger partial charge on any atom is 0.225 e. The van der Waals surface area contributed by atoms with Gasteiger partial charge in [-0.1, -0.05) is 48.5 Å². The Bertz CT molecular complexity index is 860. The fraction of sp³-hybridized carbons (Fsp3) is 0.273. The molecular formula is C22H26N4O. The third kappa shape index (κ3) is 5.05. The maximum absolute atomic E-state index is 5.11. The van der Waals surface area contributed by atoms with Crippen molar-refractivity contribution in [2.45, 2.75) is 20.3 Å². The fourth-order valence-electron chi connectivity index (χ4n) is 2.90. The number of hydrogen-bond acceptors (Lipinski definition) is 5. The van der Waals surface area contributed by atoms with Crippen LogP contribution < -0.4 is 10.6 Å². The second-order valence-corrected chi connectivity index (χ2v) is 6.49. The standard InChI is InChI=1S/C22H26N4O/c1-16-9-7-10-17(2)21(16)25-20-15-19(18-11-5-4-6-12-18)24-22(26-20)23-13-8-14-27-3/h4-7,9-12,15H,8,13-14H2,1-3H3,(H2,23,24,25,26). The van der Waals surface area contributed by atoms with Crippen molar-refractivity contribution in [1.29, 1.82) is 0 Å². The van der Waals surface area contributed by atoms with E-state index in [0.29, 0.717) is 12.6 Å². The molecule has 0 atom stereocenters. The molecule has 2 N–H and O–H groups in total. The molecule has 0 radical (unpaired) electrons. The van der Waals surface area contributed by atoms with E-state index in [1.807, 2.05) is 24.3 Å². The molecule has 2 aromatic carbocycles. The lowest BCUT2D eigenvalue weighted by Crippen LogP contribution is -2.09. The molecule has 5 nitrogen and oxygen atoms in total. The number of anilines is 3. The Balaban J connectivity index is 1.92. The van der Waals surface area contributed by atoms with Crippen molar-refractivity contribution in [3.63, 3.8) is 0 Å². The van der Waals surface area contributed by atoms with Gasteiger partial charge in [-0.2, -0.15) is 4.98 Å². The molecule has 140 valence electrons. The van der Waals surface area contributed by atoms with Crippen LogP contribution in [0.3, 0.4) is 0 Å². The van der Waals surface area contributed by atoms with E-state index in [0.717, 1.165) is 35.7 Å². The summed E-state index contributed by atoms with van der Waals surface area (Å²) >= 11 is 0. The van der Waals surface area contributed by atoms with Crippen LogP contribution in [0.2, 0.25) is 0 Å². The molecule has 3 aromatic rings. The van der Waals surface area contributed by atoms with Gasteiger partial charge in [0.2, 0.25) is 5.95 Å². The number of rotatable bonds is 8. The van der Waals surface area contributed by atoms with Crippen LogP contribution in [0.1, 0.15) is 17.5 Å². The first-order valence-electron chi connectivity index (χ1n) is 9.18. The average molecular weight is 362 g/mol. The molecule has 0 aliphatic rings. The quantitative estimate of drug-likeness (QED) is 0.555. The highest BCUT2D eigenvalue weighted by Crippen LogP contribution is 2.27. The zero-order valence-corrected chi connectivity index (χ0v) is 16.1. The summed E-state index contributed by atoms with van der Waals surface area (Å²) in [5, 5.41) is 6.78. The lowest BCUT2D eigenvalue weighted by molar-refractivity contribution is 0.197. The van der Waals surface area contributed by atoms with Gasteiger partial charge in [-0.15, -0.1) is 0 Å². The summed E-state index contributed by atoms with van der Waals surface area (Å²) in [5.41, 5.74) is 5.40. The Labute approximate surface area is 160 Å². The lowest BCUT2D eigenvalue weighted by atomic mass is 10.1. The predicted octanol–water partition coefficient (Wildman–Crippen LogP) is 4.95. The van der Waals surface area contributed by atoms with Gasteiger partial charge in [0.15, 0.2) is 0 Å².